The number of carboxylic acid groups (broad SMARTS) is 1. The molecule has 0 amide bonds. The SMILES string of the molecule is CC1(C)CC[C@]2(C(=O)O)CC[C@]3(C)C(=CC[C@@H]4[C@@]5(C)CCC(=O)[C@](C)(CO)[C@@H]5CC[C@]43C)[C@H]2C1. The Morgan fingerprint density at radius 1 is 0.971 bits per heavy atom. The summed E-state index contributed by atoms with van der Waals surface area (Å²) in [6.45, 7) is 14.0. The molecule has 4 heteroatoms. The van der Waals surface area contributed by atoms with Crippen LogP contribution in [-0.4, -0.2) is 28.6 Å². The lowest BCUT2D eigenvalue weighted by Crippen LogP contribution is -2.65. The second-order valence-corrected chi connectivity index (χ2v) is 14.7. The molecule has 0 heterocycles. The number of Topliss-reactive ketones (excluding diaryl/α,β-unsaturated/α-hetero) is 1. The fourth-order valence-corrected chi connectivity index (χ4v) is 10.4. The van der Waals surface area contributed by atoms with Gasteiger partial charge in [0.25, 0.3) is 0 Å². The maximum Gasteiger partial charge on any atom is 0.310 e. The molecule has 0 aromatic rings. The predicted molar refractivity (Wildman–Crippen MR) is 133 cm³/mol. The average molecular weight is 471 g/mol. The lowest BCUT2D eigenvalue weighted by molar-refractivity contribution is -0.194. The number of carbonyl (C=O) groups is 2. The second-order valence-electron chi connectivity index (χ2n) is 14.7. The number of carboxylic acids is 1. The molecule has 4 nitrogen and oxygen atoms in total. The molecule has 5 rings (SSSR count). The van der Waals surface area contributed by atoms with Gasteiger partial charge in [-0.05, 0) is 97.2 Å². The summed E-state index contributed by atoms with van der Waals surface area (Å²) in [4.78, 5) is 25.7. The Morgan fingerprint density at radius 3 is 2.29 bits per heavy atom. The smallest absolute Gasteiger partial charge is 0.310 e. The van der Waals surface area contributed by atoms with E-state index in [-0.39, 0.29) is 45.9 Å². The molecular weight excluding hydrogens is 424 g/mol. The Bertz CT molecular complexity index is 949. The number of fused-ring (bicyclic) bond motifs is 7. The van der Waals surface area contributed by atoms with E-state index in [1.807, 2.05) is 6.92 Å². The van der Waals surface area contributed by atoms with Gasteiger partial charge >= 0.3 is 5.97 Å². The van der Waals surface area contributed by atoms with Crippen molar-refractivity contribution < 1.29 is 19.8 Å². The number of aliphatic hydroxyl groups is 1. The van der Waals surface area contributed by atoms with Gasteiger partial charge in [-0.3, -0.25) is 9.59 Å². The van der Waals surface area contributed by atoms with Gasteiger partial charge in [0.2, 0.25) is 0 Å². The van der Waals surface area contributed by atoms with E-state index in [9.17, 15) is 19.8 Å². The van der Waals surface area contributed by atoms with E-state index in [2.05, 4.69) is 40.7 Å². The third kappa shape index (κ3) is 2.81. The average Bonchev–Trinajstić information content (AvgIpc) is 2.76. The largest absolute Gasteiger partial charge is 0.481 e. The van der Waals surface area contributed by atoms with E-state index >= 15 is 0 Å². The number of rotatable bonds is 2. The third-order valence-electron chi connectivity index (χ3n) is 13.0. The maximum atomic E-state index is 13.0. The number of carbonyl (C=O) groups excluding carboxylic acids is 1. The number of ketones is 1. The van der Waals surface area contributed by atoms with Crippen LogP contribution >= 0.6 is 0 Å². The molecule has 0 aromatic heterocycles. The van der Waals surface area contributed by atoms with Crippen LogP contribution in [0.5, 0.6) is 0 Å². The van der Waals surface area contributed by atoms with E-state index in [4.69, 9.17) is 0 Å². The maximum absolute atomic E-state index is 13.0. The minimum absolute atomic E-state index is 0.00198. The zero-order valence-electron chi connectivity index (χ0n) is 22.3. The van der Waals surface area contributed by atoms with Crippen molar-refractivity contribution in [2.45, 2.75) is 106 Å². The Labute approximate surface area is 206 Å². The van der Waals surface area contributed by atoms with E-state index in [0.717, 1.165) is 57.8 Å². The Kier molecular flexibility index (Phi) is 5.20. The third-order valence-corrected chi connectivity index (χ3v) is 13.0. The zero-order chi connectivity index (χ0) is 24.9. The summed E-state index contributed by atoms with van der Waals surface area (Å²) in [7, 11) is 0. The molecule has 8 atom stereocenters. The molecule has 5 aliphatic carbocycles. The van der Waals surface area contributed by atoms with Crippen LogP contribution in [0.2, 0.25) is 0 Å². The topological polar surface area (TPSA) is 74.6 Å². The number of aliphatic carboxylic acids is 1. The molecule has 0 saturated heterocycles. The highest BCUT2D eigenvalue weighted by atomic mass is 16.4. The van der Waals surface area contributed by atoms with Gasteiger partial charge in [-0.1, -0.05) is 53.2 Å². The Balaban J connectivity index is 1.60. The van der Waals surface area contributed by atoms with Crippen LogP contribution in [0.1, 0.15) is 106 Å². The quantitative estimate of drug-likeness (QED) is 0.457. The second kappa shape index (κ2) is 7.20. The van der Waals surface area contributed by atoms with Gasteiger partial charge in [0.15, 0.2) is 0 Å². The fraction of sp³-hybridized carbons (Fsp3) is 0.867. The minimum atomic E-state index is -0.627. The minimum Gasteiger partial charge on any atom is -0.481 e. The molecule has 0 bridgehead atoms. The fourth-order valence-electron chi connectivity index (χ4n) is 10.4. The Hall–Kier alpha value is -1.16. The van der Waals surface area contributed by atoms with Crippen molar-refractivity contribution in [1.82, 2.24) is 0 Å². The van der Waals surface area contributed by atoms with Crippen LogP contribution in [-0.2, 0) is 9.59 Å². The summed E-state index contributed by atoms with van der Waals surface area (Å²) in [5.74, 6) is 0.473. The van der Waals surface area contributed by atoms with Crippen molar-refractivity contribution in [3.63, 3.8) is 0 Å². The first-order valence-corrected chi connectivity index (χ1v) is 13.8. The molecule has 0 aliphatic heterocycles. The van der Waals surface area contributed by atoms with Crippen molar-refractivity contribution in [3.05, 3.63) is 11.6 Å². The molecule has 0 radical (unpaired) electrons. The molecule has 0 spiro atoms. The lowest BCUT2D eigenvalue weighted by Gasteiger charge is -2.70. The molecule has 190 valence electrons. The van der Waals surface area contributed by atoms with Gasteiger partial charge in [0, 0.05) is 6.42 Å². The molecule has 0 aromatic carbocycles. The number of hydrogen-bond donors (Lipinski definition) is 2. The van der Waals surface area contributed by atoms with E-state index in [0.29, 0.717) is 12.3 Å². The van der Waals surface area contributed by atoms with Gasteiger partial charge in [0.05, 0.1) is 17.4 Å². The lowest BCUT2D eigenvalue weighted by atomic mass is 9.33. The van der Waals surface area contributed by atoms with Gasteiger partial charge in [-0.15, -0.1) is 0 Å². The van der Waals surface area contributed by atoms with Crippen molar-refractivity contribution in [1.29, 1.82) is 0 Å². The Morgan fingerprint density at radius 2 is 1.65 bits per heavy atom. The van der Waals surface area contributed by atoms with Crippen LogP contribution in [0.15, 0.2) is 11.6 Å². The van der Waals surface area contributed by atoms with Crippen LogP contribution in [0.3, 0.4) is 0 Å². The van der Waals surface area contributed by atoms with Gasteiger partial charge < -0.3 is 10.2 Å². The van der Waals surface area contributed by atoms with Gasteiger partial charge in [-0.2, -0.15) is 0 Å². The monoisotopic (exact) mass is 470 g/mol. The highest BCUT2D eigenvalue weighted by Crippen LogP contribution is 2.75. The first-order chi connectivity index (χ1) is 15.7. The summed E-state index contributed by atoms with van der Waals surface area (Å²) in [5, 5.41) is 20.8. The molecule has 4 saturated carbocycles. The van der Waals surface area contributed by atoms with E-state index in [1.54, 1.807) is 0 Å². The first kappa shape index (κ1) is 24.5. The van der Waals surface area contributed by atoms with E-state index < -0.39 is 16.8 Å². The molecular formula is C30H46O4. The van der Waals surface area contributed by atoms with Gasteiger partial charge in [0.1, 0.15) is 5.78 Å². The van der Waals surface area contributed by atoms with Crippen LogP contribution in [0.25, 0.3) is 0 Å². The zero-order valence-corrected chi connectivity index (χ0v) is 22.3. The van der Waals surface area contributed by atoms with Crippen molar-refractivity contribution >= 4 is 11.8 Å². The summed E-state index contributed by atoms with van der Waals surface area (Å²) >= 11 is 0. The molecule has 5 aliphatic rings. The molecule has 34 heavy (non-hydrogen) atoms. The summed E-state index contributed by atoms with van der Waals surface area (Å²) in [6, 6.07) is 0. The molecule has 0 unspecified atom stereocenters. The van der Waals surface area contributed by atoms with Gasteiger partial charge in [-0.25, -0.2) is 0 Å². The summed E-state index contributed by atoms with van der Waals surface area (Å²) in [6.07, 6.45) is 11.5. The van der Waals surface area contributed by atoms with Crippen molar-refractivity contribution in [2.75, 3.05) is 6.61 Å². The number of aliphatic hydroxyl groups excluding tert-OH is 1. The summed E-state index contributed by atoms with van der Waals surface area (Å²) < 4.78 is 0. The molecule has 4 fully saturated rings. The molecule has 2 N–H and O–H groups in total. The highest BCUT2D eigenvalue weighted by Gasteiger charge is 2.69. The highest BCUT2D eigenvalue weighted by molar-refractivity contribution is 5.86. The van der Waals surface area contributed by atoms with Crippen LogP contribution < -0.4 is 0 Å². The van der Waals surface area contributed by atoms with E-state index in [1.165, 1.54) is 5.57 Å². The van der Waals surface area contributed by atoms with Crippen LogP contribution in [0, 0.1) is 50.2 Å². The first-order valence-electron chi connectivity index (χ1n) is 13.8. The van der Waals surface area contributed by atoms with Crippen molar-refractivity contribution in [2.24, 2.45) is 50.2 Å². The summed E-state index contributed by atoms with van der Waals surface area (Å²) in [5.41, 5.74) is 0.512. The standard InChI is InChI=1S/C30H46O4/c1-25(2)13-15-30(24(33)34)16-14-28(5)19(20(30)17-25)7-8-22-26(3)11-10-23(32)27(4,18-31)21(26)9-12-29(22,28)6/h7,20-22,31H,8-18H2,1-6H3,(H,33,34)/t20-,21-,22-,26+,27-,28-,29-,30+/m1/s1. The van der Waals surface area contributed by atoms with Crippen LogP contribution in [0.4, 0.5) is 0 Å². The van der Waals surface area contributed by atoms with Crippen molar-refractivity contribution in [3.8, 4) is 0 Å². The normalized spacial score (nSPS) is 51.9. The number of hydrogen-bond acceptors (Lipinski definition) is 3. The number of allylic oxidation sites excluding steroid dienone is 2. The predicted octanol–water partition coefficient (Wildman–Crippen LogP) is 6.41.